The Labute approximate surface area is 199 Å². The number of hydrogen-bond acceptors (Lipinski definition) is 3. The number of rotatable bonds is 6. The van der Waals surface area contributed by atoms with Gasteiger partial charge in [0, 0.05) is 6.42 Å². The van der Waals surface area contributed by atoms with Crippen molar-refractivity contribution < 1.29 is 14.4 Å². The number of fused-ring (bicyclic) bond motifs is 1. The molecule has 3 aromatic carbocycles. The normalized spacial score (nSPS) is 20.1. The van der Waals surface area contributed by atoms with Gasteiger partial charge in [-0.3, -0.25) is 14.5 Å². The first-order chi connectivity index (χ1) is 16.5. The van der Waals surface area contributed by atoms with Gasteiger partial charge in [-0.15, -0.1) is 0 Å². The van der Waals surface area contributed by atoms with E-state index in [4.69, 9.17) is 0 Å². The lowest BCUT2D eigenvalue weighted by molar-refractivity contribution is -0.135. The maximum absolute atomic E-state index is 13.3. The number of amides is 4. The van der Waals surface area contributed by atoms with Crippen molar-refractivity contribution in [3.63, 3.8) is 0 Å². The molecule has 6 nitrogen and oxygen atoms in total. The third kappa shape index (κ3) is 4.31. The van der Waals surface area contributed by atoms with Crippen molar-refractivity contribution >= 4 is 17.8 Å². The number of nitrogens with zero attached hydrogens (tertiary/aromatic N) is 1. The van der Waals surface area contributed by atoms with E-state index in [1.54, 1.807) is 0 Å². The van der Waals surface area contributed by atoms with Gasteiger partial charge in [0.1, 0.15) is 12.1 Å². The molecule has 0 bridgehead atoms. The largest absolute Gasteiger partial charge is 0.347 e. The molecule has 2 atom stereocenters. The maximum Gasteiger partial charge on any atom is 0.325 e. The van der Waals surface area contributed by atoms with Crippen LogP contribution in [0.5, 0.6) is 0 Å². The van der Waals surface area contributed by atoms with Crippen LogP contribution in [0.1, 0.15) is 34.7 Å². The van der Waals surface area contributed by atoms with E-state index in [0.29, 0.717) is 19.3 Å². The van der Waals surface area contributed by atoms with Crippen molar-refractivity contribution in [1.29, 1.82) is 0 Å². The van der Waals surface area contributed by atoms with E-state index in [0.717, 1.165) is 28.0 Å². The van der Waals surface area contributed by atoms with Crippen LogP contribution in [0.2, 0.25) is 0 Å². The van der Waals surface area contributed by atoms with Gasteiger partial charge in [-0.25, -0.2) is 4.79 Å². The number of hydrogen-bond donors (Lipinski definition) is 2. The molecule has 2 N–H and O–H groups in total. The Hall–Kier alpha value is -3.93. The minimum atomic E-state index is -0.964. The minimum Gasteiger partial charge on any atom is -0.347 e. The second-order valence-corrected chi connectivity index (χ2v) is 9.07. The summed E-state index contributed by atoms with van der Waals surface area (Å²) in [4.78, 5) is 40.2. The van der Waals surface area contributed by atoms with Gasteiger partial charge in [0.15, 0.2) is 0 Å². The molecule has 0 aromatic heterocycles. The highest BCUT2D eigenvalue weighted by Gasteiger charge is 2.52. The molecule has 2 unspecified atom stereocenters. The van der Waals surface area contributed by atoms with Crippen molar-refractivity contribution in [2.75, 3.05) is 6.54 Å². The lowest BCUT2D eigenvalue weighted by Crippen LogP contribution is -2.51. The molecule has 172 valence electrons. The van der Waals surface area contributed by atoms with Crippen molar-refractivity contribution in [2.45, 2.75) is 37.3 Å². The number of carbonyl (C=O) groups excluding carboxylic acids is 3. The van der Waals surface area contributed by atoms with Crippen LogP contribution in [0.25, 0.3) is 0 Å². The monoisotopic (exact) mass is 453 g/mol. The van der Waals surface area contributed by atoms with Crippen molar-refractivity contribution in [3.05, 3.63) is 107 Å². The van der Waals surface area contributed by atoms with Gasteiger partial charge < -0.3 is 10.6 Å². The first kappa shape index (κ1) is 21.9. The van der Waals surface area contributed by atoms with Crippen LogP contribution in [0.15, 0.2) is 84.9 Å². The fourth-order valence-electron chi connectivity index (χ4n) is 5.02. The number of nitrogens with one attached hydrogen (secondary N) is 2. The van der Waals surface area contributed by atoms with E-state index in [2.05, 4.69) is 16.7 Å². The van der Waals surface area contributed by atoms with E-state index >= 15 is 0 Å². The topological polar surface area (TPSA) is 78.5 Å². The molecule has 34 heavy (non-hydrogen) atoms. The molecule has 0 radical (unpaired) electrons. The van der Waals surface area contributed by atoms with Crippen molar-refractivity contribution in [2.24, 2.45) is 0 Å². The van der Waals surface area contributed by atoms with Gasteiger partial charge >= 0.3 is 6.03 Å². The summed E-state index contributed by atoms with van der Waals surface area (Å²) >= 11 is 0. The summed E-state index contributed by atoms with van der Waals surface area (Å²) < 4.78 is 0. The van der Waals surface area contributed by atoms with Crippen LogP contribution in [0.4, 0.5) is 4.79 Å². The van der Waals surface area contributed by atoms with Crippen LogP contribution in [-0.2, 0) is 28.9 Å². The maximum atomic E-state index is 13.3. The van der Waals surface area contributed by atoms with Crippen LogP contribution in [0, 0.1) is 0 Å². The van der Waals surface area contributed by atoms with Crippen LogP contribution >= 0.6 is 0 Å². The van der Waals surface area contributed by atoms with Gasteiger partial charge in [-0.05, 0) is 41.5 Å². The van der Waals surface area contributed by atoms with Gasteiger partial charge in [-0.2, -0.15) is 0 Å². The molecular formula is C28H27N3O3. The summed E-state index contributed by atoms with van der Waals surface area (Å²) in [5, 5.41) is 5.94. The molecule has 6 heteroatoms. The lowest BCUT2D eigenvalue weighted by Gasteiger charge is -2.32. The molecule has 1 spiro atoms. The highest BCUT2D eigenvalue weighted by Crippen LogP contribution is 2.33. The van der Waals surface area contributed by atoms with E-state index < -0.39 is 11.6 Å². The number of imide groups is 1. The fraction of sp³-hybridized carbons (Fsp3) is 0.250. The van der Waals surface area contributed by atoms with Crippen LogP contribution in [-0.4, -0.2) is 34.8 Å². The molecular weight excluding hydrogens is 426 g/mol. The Bertz CT molecular complexity index is 1210. The molecule has 4 amide bonds. The molecule has 1 fully saturated rings. The fourth-order valence-corrected chi connectivity index (χ4v) is 5.02. The van der Waals surface area contributed by atoms with E-state index in [-0.39, 0.29) is 24.4 Å². The zero-order chi connectivity index (χ0) is 23.5. The summed E-state index contributed by atoms with van der Waals surface area (Å²) in [6, 6.07) is 26.9. The van der Waals surface area contributed by atoms with E-state index in [9.17, 15) is 14.4 Å². The zero-order valence-electron chi connectivity index (χ0n) is 18.9. The SMILES string of the molecule is O=C(CN1C(=O)NC2(CCc3ccccc3C2)C1=O)NC(Cc1ccccc1)c1ccccc1. The number of benzene rings is 3. The predicted molar refractivity (Wildman–Crippen MR) is 129 cm³/mol. The lowest BCUT2D eigenvalue weighted by atomic mass is 9.78. The highest BCUT2D eigenvalue weighted by molar-refractivity contribution is 6.09. The number of carbonyl (C=O) groups is 3. The second-order valence-electron chi connectivity index (χ2n) is 9.07. The summed E-state index contributed by atoms with van der Waals surface area (Å²) in [6.07, 6.45) is 2.31. The van der Waals surface area contributed by atoms with Crippen LogP contribution in [0.3, 0.4) is 0 Å². The highest BCUT2D eigenvalue weighted by atomic mass is 16.2. The Morgan fingerprint density at radius 3 is 2.29 bits per heavy atom. The minimum absolute atomic E-state index is 0.271. The van der Waals surface area contributed by atoms with Crippen LogP contribution < -0.4 is 10.6 Å². The third-order valence-electron chi connectivity index (χ3n) is 6.80. The molecule has 3 aromatic rings. The molecule has 1 saturated heterocycles. The molecule has 5 rings (SSSR count). The molecule has 1 aliphatic carbocycles. The Kier molecular flexibility index (Phi) is 5.88. The Balaban J connectivity index is 1.30. The summed E-state index contributed by atoms with van der Waals surface area (Å²) in [5.41, 5.74) is 3.37. The number of aryl methyl sites for hydroxylation is 1. The molecule has 1 heterocycles. The second kappa shape index (κ2) is 9.14. The Morgan fingerprint density at radius 1 is 0.912 bits per heavy atom. The molecule has 2 aliphatic rings. The quantitative estimate of drug-likeness (QED) is 0.560. The number of urea groups is 1. The average Bonchev–Trinajstić information content (AvgIpc) is 3.08. The van der Waals surface area contributed by atoms with Gasteiger partial charge in [-0.1, -0.05) is 84.9 Å². The van der Waals surface area contributed by atoms with Gasteiger partial charge in [0.2, 0.25) is 5.91 Å². The smallest absolute Gasteiger partial charge is 0.325 e. The van der Waals surface area contributed by atoms with Crippen molar-refractivity contribution in [1.82, 2.24) is 15.5 Å². The van der Waals surface area contributed by atoms with Crippen molar-refractivity contribution in [3.8, 4) is 0 Å². The van der Waals surface area contributed by atoms with Gasteiger partial charge in [0.05, 0.1) is 6.04 Å². The average molecular weight is 454 g/mol. The summed E-state index contributed by atoms with van der Waals surface area (Å²) in [6.45, 7) is -0.299. The third-order valence-corrected chi connectivity index (χ3v) is 6.80. The Morgan fingerprint density at radius 2 is 1.56 bits per heavy atom. The summed E-state index contributed by atoms with van der Waals surface area (Å²) in [7, 11) is 0. The zero-order valence-corrected chi connectivity index (χ0v) is 18.9. The molecule has 0 saturated carbocycles. The standard InChI is InChI=1S/C28H27N3O3/c32-25(29-24(22-12-5-2-6-13-22)17-20-9-3-1-4-10-20)19-31-26(33)28(30-27(31)34)16-15-21-11-7-8-14-23(21)18-28/h1-14,24H,15-19H2,(H,29,32)(H,30,34). The van der Waals surface area contributed by atoms with E-state index in [1.165, 1.54) is 5.56 Å². The van der Waals surface area contributed by atoms with Gasteiger partial charge in [0.25, 0.3) is 5.91 Å². The summed E-state index contributed by atoms with van der Waals surface area (Å²) in [5.74, 6) is -0.678. The first-order valence-electron chi connectivity index (χ1n) is 11.6. The molecule has 1 aliphatic heterocycles. The predicted octanol–water partition coefficient (Wildman–Crippen LogP) is 3.57. The van der Waals surface area contributed by atoms with E-state index in [1.807, 2.05) is 78.9 Å². The first-order valence-corrected chi connectivity index (χ1v) is 11.6.